The van der Waals surface area contributed by atoms with E-state index in [2.05, 4.69) is 10.4 Å². The molecule has 1 aliphatic rings. The average Bonchev–Trinajstić information content (AvgIpc) is 3.05. The summed E-state index contributed by atoms with van der Waals surface area (Å²) < 4.78 is 5.43. The SMILES string of the molecule is CC(=O)NC1=NN(C(C)=O)[C@@H](c2cccc(OC(=O)c3ccccc3Cl)c2)S1. The van der Waals surface area contributed by atoms with Crippen LogP contribution in [0.2, 0.25) is 5.02 Å². The number of carbonyl (C=O) groups excluding carboxylic acids is 3. The number of amidine groups is 1. The fraction of sp³-hybridized carbons (Fsp3) is 0.158. The van der Waals surface area contributed by atoms with Gasteiger partial charge in [0.1, 0.15) is 11.1 Å². The molecule has 0 radical (unpaired) electrons. The van der Waals surface area contributed by atoms with Crippen LogP contribution in [0.4, 0.5) is 0 Å². The minimum atomic E-state index is -0.583. The number of hydrogen-bond acceptors (Lipinski definition) is 6. The molecule has 0 saturated carbocycles. The number of benzene rings is 2. The molecule has 1 atom stereocenters. The van der Waals surface area contributed by atoms with Gasteiger partial charge in [-0.1, -0.05) is 47.6 Å². The highest BCUT2D eigenvalue weighted by molar-refractivity contribution is 8.14. The number of nitrogens with zero attached hydrogens (tertiary/aromatic N) is 2. The molecule has 144 valence electrons. The molecule has 2 aromatic rings. The summed E-state index contributed by atoms with van der Waals surface area (Å²) >= 11 is 7.25. The third-order valence-corrected chi connectivity index (χ3v) is 5.13. The lowest BCUT2D eigenvalue weighted by Crippen LogP contribution is -2.25. The van der Waals surface area contributed by atoms with Crippen molar-refractivity contribution in [2.24, 2.45) is 5.10 Å². The fourth-order valence-electron chi connectivity index (χ4n) is 2.50. The molecule has 0 aliphatic carbocycles. The molecule has 7 nitrogen and oxygen atoms in total. The van der Waals surface area contributed by atoms with Crippen LogP contribution in [-0.4, -0.2) is 28.0 Å². The van der Waals surface area contributed by atoms with Crippen LogP contribution in [0.5, 0.6) is 5.75 Å². The molecule has 28 heavy (non-hydrogen) atoms. The molecule has 1 heterocycles. The standard InChI is InChI=1S/C19H16ClN3O4S/c1-11(24)21-19-22-23(12(2)25)17(28-19)13-6-5-7-14(10-13)27-18(26)15-8-3-4-9-16(15)20/h3-10,17H,1-2H3,(H,21,22,24)/t17-/m1/s1. The largest absolute Gasteiger partial charge is 0.423 e. The summed E-state index contributed by atoms with van der Waals surface area (Å²) in [5, 5.41) is 8.13. The van der Waals surface area contributed by atoms with Crippen molar-refractivity contribution in [3.05, 3.63) is 64.7 Å². The number of hydrazone groups is 1. The van der Waals surface area contributed by atoms with Crippen LogP contribution in [0, 0.1) is 0 Å². The second-order valence-corrected chi connectivity index (χ2v) is 7.34. The zero-order valence-corrected chi connectivity index (χ0v) is 16.6. The van der Waals surface area contributed by atoms with Gasteiger partial charge in [0.15, 0.2) is 5.17 Å². The summed E-state index contributed by atoms with van der Waals surface area (Å²) in [7, 11) is 0. The third-order valence-electron chi connectivity index (χ3n) is 3.70. The highest BCUT2D eigenvalue weighted by Gasteiger charge is 2.32. The van der Waals surface area contributed by atoms with E-state index < -0.39 is 11.3 Å². The molecule has 0 aromatic heterocycles. The molecule has 0 saturated heterocycles. The van der Waals surface area contributed by atoms with Gasteiger partial charge >= 0.3 is 5.97 Å². The third kappa shape index (κ3) is 4.52. The molecule has 3 rings (SSSR count). The smallest absolute Gasteiger partial charge is 0.345 e. The number of esters is 1. The van der Waals surface area contributed by atoms with Crippen molar-refractivity contribution in [3.63, 3.8) is 0 Å². The van der Waals surface area contributed by atoms with E-state index in [4.69, 9.17) is 16.3 Å². The predicted octanol–water partition coefficient (Wildman–Crippen LogP) is 3.56. The molecule has 1 N–H and O–H groups in total. The predicted molar refractivity (Wildman–Crippen MR) is 107 cm³/mol. The highest BCUT2D eigenvalue weighted by Crippen LogP contribution is 2.39. The van der Waals surface area contributed by atoms with Crippen LogP contribution in [0.15, 0.2) is 53.6 Å². The van der Waals surface area contributed by atoms with Crippen LogP contribution < -0.4 is 10.1 Å². The molecular formula is C19H16ClN3O4S. The molecule has 2 aromatic carbocycles. The molecule has 0 bridgehead atoms. The van der Waals surface area contributed by atoms with Crippen molar-refractivity contribution in [3.8, 4) is 5.75 Å². The molecule has 0 spiro atoms. The van der Waals surface area contributed by atoms with E-state index in [-0.39, 0.29) is 17.4 Å². The van der Waals surface area contributed by atoms with Gasteiger partial charge in [0, 0.05) is 13.8 Å². The van der Waals surface area contributed by atoms with Crippen molar-refractivity contribution in [2.45, 2.75) is 19.2 Å². The minimum absolute atomic E-state index is 0.256. The van der Waals surface area contributed by atoms with E-state index in [9.17, 15) is 14.4 Å². The van der Waals surface area contributed by atoms with Gasteiger partial charge in [-0.2, -0.15) is 0 Å². The van der Waals surface area contributed by atoms with E-state index in [0.717, 1.165) is 0 Å². The van der Waals surface area contributed by atoms with Crippen LogP contribution in [0.3, 0.4) is 0 Å². The zero-order valence-electron chi connectivity index (χ0n) is 15.0. The summed E-state index contributed by atoms with van der Waals surface area (Å²) in [5.41, 5.74) is 0.945. The summed E-state index contributed by atoms with van der Waals surface area (Å²) in [6, 6.07) is 13.4. The minimum Gasteiger partial charge on any atom is -0.423 e. The number of amides is 2. The topological polar surface area (TPSA) is 88.1 Å². The van der Waals surface area contributed by atoms with E-state index in [1.807, 2.05) is 0 Å². The maximum absolute atomic E-state index is 12.4. The average molecular weight is 418 g/mol. The zero-order chi connectivity index (χ0) is 20.3. The lowest BCUT2D eigenvalue weighted by atomic mass is 10.2. The van der Waals surface area contributed by atoms with Crippen LogP contribution >= 0.6 is 23.4 Å². The first-order valence-corrected chi connectivity index (χ1v) is 9.50. The molecular weight excluding hydrogens is 402 g/mol. The Hall–Kier alpha value is -2.84. The van der Waals surface area contributed by atoms with Gasteiger partial charge in [0.05, 0.1) is 10.6 Å². The molecule has 0 unspecified atom stereocenters. The Bertz CT molecular complexity index is 979. The van der Waals surface area contributed by atoms with E-state index in [0.29, 0.717) is 21.5 Å². The maximum Gasteiger partial charge on any atom is 0.345 e. The molecule has 2 amide bonds. The number of halogens is 1. The Morgan fingerprint density at radius 3 is 2.57 bits per heavy atom. The monoisotopic (exact) mass is 417 g/mol. The first-order chi connectivity index (χ1) is 13.3. The first-order valence-electron chi connectivity index (χ1n) is 8.24. The van der Waals surface area contributed by atoms with E-state index in [1.54, 1.807) is 48.5 Å². The molecule has 9 heteroatoms. The summed E-state index contributed by atoms with van der Waals surface area (Å²) in [4.78, 5) is 35.6. The van der Waals surface area contributed by atoms with Gasteiger partial charge in [0.25, 0.3) is 0 Å². The van der Waals surface area contributed by atoms with Crippen LogP contribution in [0.1, 0.15) is 35.1 Å². The quantitative estimate of drug-likeness (QED) is 0.609. The number of carbonyl (C=O) groups is 3. The number of ether oxygens (including phenoxy) is 1. The van der Waals surface area contributed by atoms with E-state index in [1.165, 1.54) is 30.6 Å². The molecule has 1 aliphatic heterocycles. The van der Waals surface area contributed by atoms with Crippen LogP contribution in [-0.2, 0) is 9.59 Å². The van der Waals surface area contributed by atoms with Crippen molar-refractivity contribution in [1.82, 2.24) is 10.3 Å². The van der Waals surface area contributed by atoms with Crippen molar-refractivity contribution in [2.75, 3.05) is 0 Å². The van der Waals surface area contributed by atoms with Gasteiger partial charge in [-0.25, -0.2) is 9.80 Å². The van der Waals surface area contributed by atoms with Crippen molar-refractivity contribution >= 4 is 46.3 Å². The van der Waals surface area contributed by atoms with Crippen molar-refractivity contribution in [1.29, 1.82) is 0 Å². The lowest BCUT2D eigenvalue weighted by Gasteiger charge is -2.19. The second-order valence-electron chi connectivity index (χ2n) is 5.86. The Kier molecular flexibility index (Phi) is 6.01. The van der Waals surface area contributed by atoms with Gasteiger partial charge in [-0.3, -0.25) is 9.59 Å². The number of nitrogens with one attached hydrogen (secondary N) is 1. The fourth-order valence-corrected chi connectivity index (χ4v) is 3.84. The normalized spacial score (nSPS) is 15.8. The number of thioether (sulfide) groups is 1. The lowest BCUT2D eigenvalue weighted by molar-refractivity contribution is -0.129. The Morgan fingerprint density at radius 2 is 1.89 bits per heavy atom. The maximum atomic E-state index is 12.4. The van der Waals surface area contributed by atoms with Gasteiger partial charge in [-0.15, -0.1) is 5.10 Å². The summed E-state index contributed by atoms with van der Waals surface area (Å²) in [5.74, 6) is -0.839. The first kappa shape index (κ1) is 19.9. The Morgan fingerprint density at radius 1 is 1.14 bits per heavy atom. The van der Waals surface area contributed by atoms with E-state index >= 15 is 0 Å². The van der Waals surface area contributed by atoms with Gasteiger partial charge in [-0.05, 0) is 29.8 Å². The highest BCUT2D eigenvalue weighted by atomic mass is 35.5. The van der Waals surface area contributed by atoms with Gasteiger partial charge < -0.3 is 10.1 Å². The number of hydrogen-bond donors (Lipinski definition) is 1. The molecule has 0 fully saturated rings. The second kappa shape index (κ2) is 8.45. The Labute approximate surface area is 170 Å². The van der Waals surface area contributed by atoms with Crippen molar-refractivity contribution < 1.29 is 19.1 Å². The Balaban J connectivity index is 1.81. The summed E-state index contributed by atoms with van der Waals surface area (Å²) in [6.45, 7) is 2.75. The van der Waals surface area contributed by atoms with Gasteiger partial charge in [0.2, 0.25) is 11.8 Å². The van der Waals surface area contributed by atoms with Crippen LogP contribution in [0.25, 0.3) is 0 Å². The summed E-state index contributed by atoms with van der Waals surface area (Å²) in [6.07, 6.45) is 0. The number of rotatable bonds is 3.